The van der Waals surface area contributed by atoms with Crippen molar-refractivity contribution in [3.63, 3.8) is 0 Å². The van der Waals surface area contributed by atoms with E-state index in [2.05, 4.69) is 5.32 Å². The van der Waals surface area contributed by atoms with Crippen molar-refractivity contribution < 1.29 is 32.0 Å². The van der Waals surface area contributed by atoms with E-state index in [4.69, 9.17) is 9.15 Å². The average molecular weight is 449 g/mol. The van der Waals surface area contributed by atoms with Crippen LogP contribution in [-0.2, 0) is 14.8 Å². The second-order valence-corrected chi connectivity index (χ2v) is 8.92. The van der Waals surface area contributed by atoms with Gasteiger partial charge >= 0.3 is 5.97 Å². The number of furan rings is 1. The molecule has 0 bridgehead atoms. The molecule has 10 nitrogen and oxygen atoms in total. The van der Waals surface area contributed by atoms with Gasteiger partial charge < -0.3 is 19.4 Å². The van der Waals surface area contributed by atoms with E-state index in [9.17, 15) is 22.8 Å². The first-order chi connectivity index (χ1) is 14.8. The molecular weight excluding hydrogens is 426 g/mol. The molecule has 1 saturated heterocycles. The second-order valence-electron chi connectivity index (χ2n) is 6.83. The molecule has 3 rings (SSSR count). The number of amides is 2. The molecule has 1 N–H and O–H groups in total. The molecule has 11 heteroatoms. The Labute approximate surface area is 179 Å². The van der Waals surface area contributed by atoms with Crippen LogP contribution in [0.2, 0.25) is 0 Å². The molecule has 2 heterocycles. The highest BCUT2D eigenvalue weighted by molar-refractivity contribution is 7.89. The molecule has 0 aliphatic carbocycles. The molecule has 1 aromatic heterocycles. The predicted molar refractivity (Wildman–Crippen MR) is 110 cm³/mol. The van der Waals surface area contributed by atoms with Gasteiger partial charge in [-0.2, -0.15) is 4.31 Å². The largest absolute Gasteiger partial charge is 0.459 e. The SMILES string of the molecule is CC(=O)Oc1ccccc1C(=O)NCCS(=O)(=O)N1CCN(C(=O)c2ccco2)CC1. The van der Waals surface area contributed by atoms with E-state index in [1.165, 1.54) is 29.6 Å². The van der Waals surface area contributed by atoms with Gasteiger partial charge in [-0.15, -0.1) is 0 Å². The number of para-hydroxylation sites is 1. The Morgan fingerprint density at radius 3 is 2.42 bits per heavy atom. The number of sulfonamides is 1. The molecule has 31 heavy (non-hydrogen) atoms. The number of carbonyl (C=O) groups excluding carboxylic acids is 3. The van der Waals surface area contributed by atoms with E-state index in [-0.39, 0.29) is 61.5 Å². The summed E-state index contributed by atoms with van der Waals surface area (Å²) in [6.45, 7) is 1.95. The quantitative estimate of drug-likeness (QED) is 0.488. The molecule has 1 aliphatic heterocycles. The Balaban J connectivity index is 1.50. The first kappa shape index (κ1) is 22.5. The highest BCUT2D eigenvalue weighted by Crippen LogP contribution is 2.18. The lowest BCUT2D eigenvalue weighted by molar-refractivity contribution is -0.131. The van der Waals surface area contributed by atoms with Crippen molar-refractivity contribution >= 4 is 27.8 Å². The fourth-order valence-corrected chi connectivity index (χ4v) is 4.48. The molecule has 0 unspecified atom stereocenters. The summed E-state index contributed by atoms with van der Waals surface area (Å²) in [7, 11) is -3.62. The van der Waals surface area contributed by atoms with Gasteiger partial charge in [0, 0.05) is 39.6 Å². The van der Waals surface area contributed by atoms with Crippen molar-refractivity contribution in [1.82, 2.24) is 14.5 Å². The molecule has 1 fully saturated rings. The molecule has 1 aromatic carbocycles. The van der Waals surface area contributed by atoms with Crippen LogP contribution in [0.3, 0.4) is 0 Å². The van der Waals surface area contributed by atoms with Crippen molar-refractivity contribution in [2.24, 2.45) is 0 Å². The van der Waals surface area contributed by atoms with E-state index in [1.807, 2.05) is 0 Å². The Morgan fingerprint density at radius 2 is 1.77 bits per heavy atom. The molecule has 0 spiro atoms. The predicted octanol–water partition coefficient (Wildman–Crippen LogP) is 0.723. The van der Waals surface area contributed by atoms with Crippen molar-refractivity contribution in [2.45, 2.75) is 6.92 Å². The highest BCUT2D eigenvalue weighted by Gasteiger charge is 2.30. The number of nitrogens with zero attached hydrogens (tertiary/aromatic N) is 2. The lowest BCUT2D eigenvalue weighted by Crippen LogP contribution is -2.51. The van der Waals surface area contributed by atoms with Crippen LogP contribution in [0.1, 0.15) is 27.8 Å². The van der Waals surface area contributed by atoms with Crippen LogP contribution in [0.4, 0.5) is 0 Å². The first-order valence-corrected chi connectivity index (χ1v) is 11.2. The van der Waals surface area contributed by atoms with Crippen LogP contribution >= 0.6 is 0 Å². The number of nitrogens with one attached hydrogen (secondary N) is 1. The van der Waals surface area contributed by atoms with Crippen LogP contribution in [0, 0.1) is 0 Å². The molecule has 166 valence electrons. The maximum absolute atomic E-state index is 12.6. The van der Waals surface area contributed by atoms with E-state index in [0.717, 1.165) is 0 Å². The Morgan fingerprint density at radius 1 is 1.06 bits per heavy atom. The van der Waals surface area contributed by atoms with Gasteiger partial charge in [0.05, 0.1) is 17.6 Å². The minimum absolute atomic E-state index is 0.104. The highest BCUT2D eigenvalue weighted by atomic mass is 32.2. The van der Waals surface area contributed by atoms with Crippen molar-refractivity contribution in [3.8, 4) is 5.75 Å². The zero-order valence-electron chi connectivity index (χ0n) is 16.9. The van der Waals surface area contributed by atoms with Crippen molar-refractivity contribution in [3.05, 3.63) is 54.0 Å². The average Bonchev–Trinajstić information content (AvgIpc) is 3.28. The van der Waals surface area contributed by atoms with Crippen LogP contribution in [0.25, 0.3) is 0 Å². The van der Waals surface area contributed by atoms with Gasteiger partial charge in [0.25, 0.3) is 11.8 Å². The fraction of sp³-hybridized carbons (Fsp3) is 0.350. The second kappa shape index (κ2) is 9.75. The zero-order chi connectivity index (χ0) is 22.4. The molecule has 2 amide bonds. The minimum Gasteiger partial charge on any atom is -0.459 e. The van der Waals surface area contributed by atoms with Crippen LogP contribution in [0.15, 0.2) is 47.1 Å². The number of carbonyl (C=O) groups is 3. The number of hydrogen-bond acceptors (Lipinski definition) is 7. The third-order valence-corrected chi connectivity index (χ3v) is 6.55. The number of ether oxygens (including phenoxy) is 1. The summed E-state index contributed by atoms with van der Waals surface area (Å²) in [5.41, 5.74) is 0.139. The van der Waals surface area contributed by atoms with E-state index in [1.54, 1.807) is 29.2 Å². The van der Waals surface area contributed by atoms with Gasteiger partial charge in [-0.1, -0.05) is 12.1 Å². The summed E-state index contributed by atoms with van der Waals surface area (Å²) >= 11 is 0. The Bertz CT molecular complexity index is 1040. The summed E-state index contributed by atoms with van der Waals surface area (Å²) in [5.74, 6) is -1.35. The molecule has 1 aliphatic rings. The smallest absolute Gasteiger partial charge is 0.308 e. The first-order valence-electron chi connectivity index (χ1n) is 9.64. The lowest BCUT2D eigenvalue weighted by atomic mass is 10.2. The van der Waals surface area contributed by atoms with Crippen LogP contribution in [-0.4, -0.2) is 73.9 Å². The number of rotatable bonds is 7. The number of benzene rings is 1. The van der Waals surface area contributed by atoms with Gasteiger partial charge in [-0.25, -0.2) is 8.42 Å². The standard InChI is InChI=1S/C20H23N3O7S/c1-15(24)30-17-6-3-2-5-16(17)19(25)21-8-14-31(27,28)23-11-9-22(10-12-23)20(26)18-7-4-13-29-18/h2-7,13H,8-12,14H2,1H3,(H,21,25). The monoisotopic (exact) mass is 449 g/mol. The molecule has 0 atom stereocenters. The van der Waals surface area contributed by atoms with Gasteiger partial charge in [0.1, 0.15) is 5.75 Å². The Hall–Kier alpha value is -3.18. The number of piperazine rings is 1. The lowest BCUT2D eigenvalue weighted by Gasteiger charge is -2.33. The van der Waals surface area contributed by atoms with Crippen LogP contribution in [0.5, 0.6) is 5.75 Å². The van der Waals surface area contributed by atoms with Crippen molar-refractivity contribution in [1.29, 1.82) is 0 Å². The zero-order valence-corrected chi connectivity index (χ0v) is 17.8. The maximum atomic E-state index is 12.6. The summed E-state index contributed by atoms with van der Waals surface area (Å²) in [5, 5.41) is 2.54. The van der Waals surface area contributed by atoms with Gasteiger partial charge in [0.2, 0.25) is 10.0 Å². The fourth-order valence-electron chi connectivity index (χ4n) is 3.14. The number of esters is 1. The Kier molecular flexibility index (Phi) is 7.08. The third-order valence-electron chi connectivity index (χ3n) is 4.68. The van der Waals surface area contributed by atoms with E-state index < -0.39 is 21.9 Å². The normalized spacial score (nSPS) is 14.8. The molecule has 2 aromatic rings. The van der Waals surface area contributed by atoms with E-state index >= 15 is 0 Å². The van der Waals surface area contributed by atoms with Gasteiger partial charge in [0.15, 0.2) is 5.76 Å². The molecular formula is C20H23N3O7S. The molecule has 0 saturated carbocycles. The maximum Gasteiger partial charge on any atom is 0.308 e. The van der Waals surface area contributed by atoms with Crippen LogP contribution < -0.4 is 10.1 Å². The molecule has 0 radical (unpaired) electrons. The third kappa shape index (κ3) is 5.70. The van der Waals surface area contributed by atoms with E-state index in [0.29, 0.717) is 0 Å². The van der Waals surface area contributed by atoms with Crippen molar-refractivity contribution in [2.75, 3.05) is 38.5 Å². The topological polar surface area (TPSA) is 126 Å². The summed E-state index contributed by atoms with van der Waals surface area (Å²) < 4.78 is 36.6. The summed E-state index contributed by atoms with van der Waals surface area (Å²) in [6.07, 6.45) is 1.41. The van der Waals surface area contributed by atoms with Gasteiger partial charge in [-0.05, 0) is 24.3 Å². The summed E-state index contributed by atoms with van der Waals surface area (Å²) in [4.78, 5) is 37.4. The number of hydrogen-bond donors (Lipinski definition) is 1. The van der Waals surface area contributed by atoms with Gasteiger partial charge in [-0.3, -0.25) is 14.4 Å². The minimum atomic E-state index is -3.62. The summed E-state index contributed by atoms with van der Waals surface area (Å²) in [6, 6.07) is 9.38.